The third-order valence-electron chi connectivity index (χ3n) is 2.43. The molecule has 0 radical (unpaired) electrons. The van der Waals surface area contributed by atoms with Crippen LogP contribution in [-0.2, 0) is 4.74 Å². The van der Waals surface area contributed by atoms with E-state index < -0.39 is 5.82 Å². The number of aryl methyl sites for hydroxylation is 1. The minimum absolute atomic E-state index is 0.0835. The van der Waals surface area contributed by atoms with Gasteiger partial charge >= 0.3 is 0 Å². The normalized spacial score (nSPS) is 12.2. The summed E-state index contributed by atoms with van der Waals surface area (Å²) in [5.41, 5.74) is 0.881. The van der Waals surface area contributed by atoms with Crippen LogP contribution in [0.2, 0.25) is 0 Å². The number of halogens is 1. The Kier molecular flexibility index (Phi) is 5.10. The van der Waals surface area contributed by atoms with Gasteiger partial charge in [0.05, 0.1) is 12.2 Å². The quantitative estimate of drug-likeness (QED) is 0.855. The number of ether oxygens (including phenoxy) is 1. The Balaban J connectivity index is 2.58. The first-order chi connectivity index (χ1) is 8.04. The van der Waals surface area contributed by atoms with E-state index in [-0.39, 0.29) is 17.4 Å². The standard InChI is InChI=1S/C13H18FNO2/c1-9-4-5-11(12(14)6-9)13(16)15-7-10(2)8-17-3/h4-6,10H,7-8H2,1-3H3,(H,15,16). The number of methoxy groups -OCH3 is 1. The van der Waals surface area contributed by atoms with Crippen LogP contribution in [-0.4, -0.2) is 26.2 Å². The number of amides is 1. The van der Waals surface area contributed by atoms with Crippen LogP contribution in [0.5, 0.6) is 0 Å². The molecule has 3 nitrogen and oxygen atoms in total. The number of benzene rings is 1. The lowest BCUT2D eigenvalue weighted by Crippen LogP contribution is -2.30. The molecule has 0 spiro atoms. The molecule has 17 heavy (non-hydrogen) atoms. The molecule has 1 aromatic rings. The second-order valence-corrected chi connectivity index (χ2v) is 4.25. The molecule has 0 aliphatic rings. The van der Waals surface area contributed by atoms with Gasteiger partial charge in [-0.15, -0.1) is 0 Å². The fraction of sp³-hybridized carbons (Fsp3) is 0.462. The van der Waals surface area contributed by atoms with Crippen molar-refractivity contribution in [3.8, 4) is 0 Å². The zero-order valence-corrected chi connectivity index (χ0v) is 10.4. The van der Waals surface area contributed by atoms with Gasteiger partial charge in [0, 0.05) is 13.7 Å². The van der Waals surface area contributed by atoms with Crippen LogP contribution < -0.4 is 5.32 Å². The van der Waals surface area contributed by atoms with Gasteiger partial charge in [-0.2, -0.15) is 0 Å². The van der Waals surface area contributed by atoms with Gasteiger partial charge in [0.15, 0.2) is 0 Å². The number of carbonyl (C=O) groups excluding carboxylic acids is 1. The Morgan fingerprint density at radius 1 is 1.53 bits per heavy atom. The van der Waals surface area contributed by atoms with Crippen LogP contribution in [0.25, 0.3) is 0 Å². The fourth-order valence-electron chi connectivity index (χ4n) is 1.51. The van der Waals surface area contributed by atoms with Gasteiger partial charge in [0.25, 0.3) is 5.91 Å². The molecule has 1 aromatic carbocycles. The summed E-state index contributed by atoms with van der Waals surface area (Å²) in [6.07, 6.45) is 0. The van der Waals surface area contributed by atoms with Crippen LogP contribution in [0.1, 0.15) is 22.8 Å². The predicted molar refractivity (Wildman–Crippen MR) is 64.5 cm³/mol. The molecule has 0 saturated heterocycles. The Hall–Kier alpha value is -1.42. The predicted octanol–water partition coefficient (Wildman–Crippen LogP) is 2.15. The average Bonchev–Trinajstić information content (AvgIpc) is 2.26. The van der Waals surface area contributed by atoms with E-state index in [4.69, 9.17) is 4.74 Å². The molecule has 0 aromatic heterocycles. The highest BCUT2D eigenvalue weighted by molar-refractivity contribution is 5.94. The SMILES string of the molecule is COCC(C)CNC(=O)c1ccc(C)cc1F. The molecule has 0 heterocycles. The van der Waals surface area contributed by atoms with Crippen LogP contribution in [0, 0.1) is 18.7 Å². The lowest BCUT2D eigenvalue weighted by atomic mass is 10.1. The van der Waals surface area contributed by atoms with Crippen molar-refractivity contribution in [2.75, 3.05) is 20.3 Å². The summed E-state index contributed by atoms with van der Waals surface area (Å²) in [4.78, 5) is 11.7. The Labute approximate surface area is 101 Å². The van der Waals surface area contributed by atoms with Crippen molar-refractivity contribution >= 4 is 5.91 Å². The van der Waals surface area contributed by atoms with Crippen molar-refractivity contribution in [1.82, 2.24) is 5.32 Å². The molecule has 0 aliphatic heterocycles. The lowest BCUT2D eigenvalue weighted by molar-refractivity contribution is 0.0930. The van der Waals surface area contributed by atoms with Crippen molar-refractivity contribution in [2.24, 2.45) is 5.92 Å². The zero-order chi connectivity index (χ0) is 12.8. The van der Waals surface area contributed by atoms with Crippen molar-refractivity contribution in [2.45, 2.75) is 13.8 Å². The van der Waals surface area contributed by atoms with E-state index >= 15 is 0 Å². The third kappa shape index (κ3) is 4.15. The molecule has 1 N–H and O–H groups in total. The minimum atomic E-state index is -0.484. The maximum Gasteiger partial charge on any atom is 0.254 e. The average molecular weight is 239 g/mol. The highest BCUT2D eigenvalue weighted by Crippen LogP contribution is 2.09. The monoisotopic (exact) mass is 239 g/mol. The number of rotatable bonds is 5. The van der Waals surface area contributed by atoms with E-state index in [1.807, 2.05) is 6.92 Å². The van der Waals surface area contributed by atoms with E-state index in [1.165, 1.54) is 12.1 Å². The Morgan fingerprint density at radius 2 is 2.24 bits per heavy atom. The van der Waals surface area contributed by atoms with Gasteiger partial charge in [-0.25, -0.2) is 4.39 Å². The van der Waals surface area contributed by atoms with Gasteiger partial charge in [-0.05, 0) is 30.5 Å². The van der Waals surface area contributed by atoms with Gasteiger partial charge in [-0.3, -0.25) is 4.79 Å². The largest absolute Gasteiger partial charge is 0.384 e. The number of hydrogen-bond acceptors (Lipinski definition) is 2. The highest BCUT2D eigenvalue weighted by Gasteiger charge is 2.12. The third-order valence-corrected chi connectivity index (χ3v) is 2.43. The first-order valence-electron chi connectivity index (χ1n) is 5.58. The summed E-state index contributed by atoms with van der Waals surface area (Å²) in [5.74, 6) is -0.662. The summed E-state index contributed by atoms with van der Waals surface area (Å²) < 4.78 is 18.4. The molecular weight excluding hydrogens is 221 g/mol. The zero-order valence-electron chi connectivity index (χ0n) is 10.4. The molecule has 1 rings (SSSR count). The molecule has 0 bridgehead atoms. The number of carbonyl (C=O) groups is 1. The molecule has 0 fully saturated rings. The molecule has 1 unspecified atom stereocenters. The lowest BCUT2D eigenvalue weighted by Gasteiger charge is -2.11. The van der Waals surface area contributed by atoms with E-state index in [1.54, 1.807) is 20.1 Å². The van der Waals surface area contributed by atoms with Crippen LogP contribution in [0.15, 0.2) is 18.2 Å². The van der Waals surface area contributed by atoms with Crippen molar-refractivity contribution < 1.29 is 13.9 Å². The molecule has 0 aliphatic carbocycles. The highest BCUT2D eigenvalue weighted by atomic mass is 19.1. The van der Waals surface area contributed by atoms with Gasteiger partial charge in [0.1, 0.15) is 5.82 Å². The first-order valence-corrected chi connectivity index (χ1v) is 5.58. The Morgan fingerprint density at radius 3 is 2.82 bits per heavy atom. The van der Waals surface area contributed by atoms with Crippen molar-refractivity contribution in [3.63, 3.8) is 0 Å². The molecule has 1 atom stereocenters. The maximum absolute atomic E-state index is 13.5. The minimum Gasteiger partial charge on any atom is -0.384 e. The van der Waals surface area contributed by atoms with Crippen molar-refractivity contribution in [1.29, 1.82) is 0 Å². The summed E-state index contributed by atoms with van der Waals surface area (Å²) in [5, 5.41) is 2.68. The number of nitrogens with one attached hydrogen (secondary N) is 1. The van der Waals surface area contributed by atoms with Crippen LogP contribution >= 0.6 is 0 Å². The Bertz CT molecular complexity index is 393. The van der Waals surface area contributed by atoms with E-state index in [2.05, 4.69) is 5.32 Å². The van der Waals surface area contributed by atoms with E-state index in [0.29, 0.717) is 13.2 Å². The summed E-state index contributed by atoms with van der Waals surface area (Å²) in [6, 6.07) is 4.57. The van der Waals surface area contributed by atoms with E-state index in [0.717, 1.165) is 5.56 Å². The molecule has 1 amide bonds. The summed E-state index contributed by atoms with van der Waals surface area (Å²) in [6.45, 7) is 4.78. The second-order valence-electron chi connectivity index (χ2n) is 4.25. The topological polar surface area (TPSA) is 38.3 Å². The first kappa shape index (κ1) is 13.6. The number of hydrogen-bond donors (Lipinski definition) is 1. The van der Waals surface area contributed by atoms with Crippen molar-refractivity contribution in [3.05, 3.63) is 35.1 Å². The molecule has 94 valence electrons. The van der Waals surface area contributed by atoms with E-state index in [9.17, 15) is 9.18 Å². The molecular formula is C13H18FNO2. The van der Waals surface area contributed by atoms with Crippen LogP contribution in [0.4, 0.5) is 4.39 Å². The second kappa shape index (κ2) is 6.35. The summed E-state index contributed by atoms with van der Waals surface area (Å²) >= 11 is 0. The van der Waals surface area contributed by atoms with Gasteiger partial charge in [-0.1, -0.05) is 13.0 Å². The fourth-order valence-corrected chi connectivity index (χ4v) is 1.51. The molecule has 4 heteroatoms. The van der Waals surface area contributed by atoms with Gasteiger partial charge < -0.3 is 10.1 Å². The summed E-state index contributed by atoms with van der Waals surface area (Å²) in [7, 11) is 1.61. The smallest absolute Gasteiger partial charge is 0.254 e. The molecule has 0 saturated carbocycles. The van der Waals surface area contributed by atoms with Crippen LogP contribution in [0.3, 0.4) is 0 Å². The maximum atomic E-state index is 13.5. The van der Waals surface area contributed by atoms with Gasteiger partial charge in [0.2, 0.25) is 0 Å².